The molecule has 1 N–H and O–H groups in total. The van der Waals surface area contributed by atoms with Crippen molar-refractivity contribution >= 4 is 28.1 Å². The standard InChI is InChI=1S/C28H23N5S/c34-28-31-26(24-11-4-6-16-30-24)27(33(28)19-22-10-3-5-15-29-22)25-12-7-17-32(25)23-14-13-20-8-1-2-9-21(20)18-23/h1-18,26-27H,19H2,(H,31,34)/t26-,27-/m0/s1. The molecule has 0 spiro atoms. The van der Waals surface area contributed by atoms with E-state index in [0.717, 1.165) is 22.8 Å². The lowest BCUT2D eigenvalue weighted by atomic mass is 10.0. The van der Waals surface area contributed by atoms with Crippen LogP contribution < -0.4 is 5.32 Å². The molecule has 0 radical (unpaired) electrons. The molecule has 1 fully saturated rings. The van der Waals surface area contributed by atoms with Crippen LogP contribution in [0.1, 0.15) is 29.2 Å². The first-order valence-electron chi connectivity index (χ1n) is 11.3. The van der Waals surface area contributed by atoms with Crippen LogP contribution in [0.4, 0.5) is 0 Å². The number of thiocarbonyl (C=S) groups is 1. The topological polar surface area (TPSA) is 46.0 Å². The fraction of sp³-hybridized carbons (Fsp3) is 0.107. The molecule has 2 aromatic carbocycles. The first kappa shape index (κ1) is 20.6. The number of pyridine rings is 2. The Labute approximate surface area is 203 Å². The number of nitrogens with one attached hydrogen (secondary N) is 1. The van der Waals surface area contributed by atoms with E-state index in [1.807, 2.05) is 42.7 Å². The fourth-order valence-electron chi connectivity index (χ4n) is 4.76. The Morgan fingerprint density at radius 1 is 0.794 bits per heavy atom. The minimum atomic E-state index is -0.0773. The second-order valence-electron chi connectivity index (χ2n) is 8.41. The van der Waals surface area contributed by atoms with Crippen molar-refractivity contribution in [3.8, 4) is 5.69 Å². The monoisotopic (exact) mass is 461 g/mol. The van der Waals surface area contributed by atoms with E-state index in [1.54, 1.807) is 0 Å². The Hall–Kier alpha value is -4.03. The third kappa shape index (κ3) is 3.72. The van der Waals surface area contributed by atoms with Gasteiger partial charge in [-0.15, -0.1) is 0 Å². The van der Waals surface area contributed by atoms with Crippen LogP contribution in [0.2, 0.25) is 0 Å². The number of aromatic nitrogens is 3. The van der Waals surface area contributed by atoms with Gasteiger partial charge in [0.05, 0.1) is 30.0 Å². The Kier molecular flexibility index (Phi) is 5.28. The van der Waals surface area contributed by atoms with Gasteiger partial charge in [-0.3, -0.25) is 9.97 Å². The zero-order valence-corrected chi connectivity index (χ0v) is 19.3. The van der Waals surface area contributed by atoms with Gasteiger partial charge < -0.3 is 14.8 Å². The van der Waals surface area contributed by atoms with Crippen LogP contribution in [0.3, 0.4) is 0 Å². The van der Waals surface area contributed by atoms with E-state index in [4.69, 9.17) is 12.2 Å². The maximum atomic E-state index is 5.84. The number of hydrogen-bond acceptors (Lipinski definition) is 3. The minimum Gasteiger partial charge on any atom is -0.352 e. The Morgan fingerprint density at radius 2 is 1.59 bits per heavy atom. The van der Waals surface area contributed by atoms with E-state index < -0.39 is 0 Å². The van der Waals surface area contributed by atoms with E-state index >= 15 is 0 Å². The summed E-state index contributed by atoms with van der Waals surface area (Å²) in [7, 11) is 0. The summed E-state index contributed by atoms with van der Waals surface area (Å²) in [6.07, 6.45) is 5.78. The average molecular weight is 462 g/mol. The maximum absolute atomic E-state index is 5.84. The third-order valence-corrected chi connectivity index (χ3v) is 6.70. The summed E-state index contributed by atoms with van der Waals surface area (Å²) >= 11 is 5.84. The lowest BCUT2D eigenvalue weighted by Crippen LogP contribution is -2.30. The van der Waals surface area contributed by atoms with Gasteiger partial charge in [-0.1, -0.05) is 42.5 Å². The highest BCUT2D eigenvalue weighted by atomic mass is 32.1. The number of rotatable bonds is 5. The van der Waals surface area contributed by atoms with Crippen molar-refractivity contribution in [3.63, 3.8) is 0 Å². The molecule has 0 bridgehead atoms. The Balaban J connectivity index is 1.46. The highest BCUT2D eigenvalue weighted by Crippen LogP contribution is 2.40. The highest BCUT2D eigenvalue weighted by molar-refractivity contribution is 7.80. The number of benzene rings is 2. The van der Waals surface area contributed by atoms with E-state index in [0.29, 0.717) is 11.7 Å². The molecule has 5 nitrogen and oxygen atoms in total. The van der Waals surface area contributed by atoms with Gasteiger partial charge >= 0.3 is 0 Å². The summed E-state index contributed by atoms with van der Waals surface area (Å²) in [4.78, 5) is 11.4. The van der Waals surface area contributed by atoms with Crippen molar-refractivity contribution in [3.05, 3.63) is 127 Å². The highest BCUT2D eigenvalue weighted by Gasteiger charge is 2.41. The van der Waals surface area contributed by atoms with Gasteiger partial charge in [-0.2, -0.15) is 0 Å². The lowest BCUT2D eigenvalue weighted by molar-refractivity contribution is 0.299. The van der Waals surface area contributed by atoms with Gasteiger partial charge in [-0.25, -0.2) is 0 Å². The van der Waals surface area contributed by atoms with Crippen LogP contribution >= 0.6 is 12.2 Å². The smallest absolute Gasteiger partial charge is 0.170 e. The van der Waals surface area contributed by atoms with Gasteiger partial charge in [0, 0.05) is 30.0 Å². The molecule has 2 atom stereocenters. The van der Waals surface area contributed by atoms with Crippen LogP contribution in [0.5, 0.6) is 0 Å². The van der Waals surface area contributed by atoms with Gasteiger partial charge in [0.2, 0.25) is 0 Å². The van der Waals surface area contributed by atoms with Crippen molar-refractivity contribution in [1.82, 2.24) is 24.8 Å². The molecule has 0 unspecified atom stereocenters. The number of nitrogens with zero attached hydrogens (tertiary/aromatic N) is 4. The summed E-state index contributed by atoms with van der Waals surface area (Å²) in [5, 5.41) is 6.69. The quantitative estimate of drug-likeness (QED) is 0.346. The molecule has 1 aliphatic heterocycles. The van der Waals surface area contributed by atoms with Gasteiger partial charge in [0.1, 0.15) is 0 Å². The predicted octanol–water partition coefficient (Wildman–Crippen LogP) is 5.59. The van der Waals surface area contributed by atoms with E-state index in [9.17, 15) is 0 Å². The van der Waals surface area contributed by atoms with E-state index in [1.165, 1.54) is 10.8 Å². The molecule has 6 rings (SSSR count). The van der Waals surface area contributed by atoms with E-state index in [2.05, 4.69) is 91.6 Å². The molecule has 34 heavy (non-hydrogen) atoms. The summed E-state index contributed by atoms with van der Waals surface area (Å²) in [5.74, 6) is 0. The van der Waals surface area contributed by atoms with E-state index in [-0.39, 0.29) is 12.1 Å². The second kappa shape index (κ2) is 8.72. The molecule has 5 aromatic rings. The van der Waals surface area contributed by atoms with Crippen LogP contribution in [-0.2, 0) is 6.54 Å². The summed E-state index contributed by atoms with van der Waals surface area (Å²) in [6.45, 7) is 0.615. The molecule has 6 heteroatoms. The fourth-order valence-corrected chi connectivity index (χ4v) is 5.07. The van der Waals surface area contributed by atoms with Crippen molar-refractivity contribution in [2.75, 3.05) is 0 Å². The molecule has 1 aliphatic rings. The zero-order valence-electron chi connectivity index (χ0n) is 18.5. The van der Waals surface area contributed by atoms with Crippen LogP contribution in [0, 0.1) is 0 Å². The normalized spacial score (nSPS) is 17.8. The first-order chi connectivity index (χ1) is 16.8. The van der Waals surface area contributed by atoms with Crippen molar-refractivity contribution in [2.45, 2.75) is 18.6 Å². The van der Waals surface area contributed by atoms with Gasteiger partial charge in [0.15, 0.2) is 5.11 Å². The van der Waals surface area contributed by atoms with Gasteiger partial charge in [0.25, 0.3) is 0 Å². The molecule has 0 saturated carbocycles. The molecule has 0 amide bonds. The molecule has 3 aromatic heterocycles. The average Bonchev–Trinajstić information content (AvgIpc) is 3.49. The van der Waals surface area contributed by atoms with Crippen LogP contribution in [0.25, 0.3) is 16.5 Å². The Bertz CT molecular complexity index is 1450. The zero-order chi connectivity index (χ0) is 22.9. The van der Waals surface area contributed by atoms with Crippen molar-refractivity contribution < 1.29 is 0 Å². The second-order valence-corrected chi connectivity index (χ2v) is 8.80. The maximum Gasteiger partial charge on any atom is 0.170 e. The molecule has 0 aliphatic carbocycles. The Morgan fingerprint density at radius 3 is 2.38 bits per heavy atom. The molecular weight excluding hydrogens is 438 g/mol. The van der Waals surface area contributed by atoms with Crippen molar-refractivity contribution in [1.29, 1.82) is 0 Å². The van der Waals surface area contributed by atoms with Crippen LogP contribution in [-0.4, -0.2) is 24.5 Å². The van der Waals surface area contributed by atoms with Crippen molar-refractivity contribution in [2.24, 2.45) is 0 Å². The third-order valence-electron chi connectivity index (χ3n) is 6.35. The predicted molar refractivity (Wildman–Crippen MR) is 139 cm³/mol. The number of fused-ring (bicyclic) bond motifs is 1. The van der Waals surface area contributed by atoms with Crippen LogP contribution in [0.15, 0.2) is 110 Å². The number of hydrogen-bond donors (Lipinski definition) is 1. The molecule has 166 valence electrons. The SMILES string of the molecule is S=C1N[C@@H](c2ccccn2)[C@H](c2cccn2-c2ccc3ccccc3c2)N1Cc1ccccn1. The summed E-state index contributed by atoms with van der Waals surface area (Å²) < 4.78 is 2.26. The minimum absolute atomic E-state index is 0.0501. The van der Waals surface area contributed by atoms with Gasteiger partial charge in [-0.05, 0) is 71.5 Å². The first-order valence-corrected chi connectivity index (χ1v) is 11.7. The summed E-state index contributed by atoms with van der Waals surface area (Å²) in [6, 6.07) is 31.2. The molecule has 1 saturated heterocycles. The molecular formula is C28H23N5S. The lowest BCUT2D eigenvalue weighted by Gasteiger charge is -2.28. The summed E-state index contributed by atoms with van der Waals surface area (Å²) in [5.41, 5.74) is 4.20. The molecule has 4 heterocycles. The largest absolute Gasteiger partial charge is 0.352 e.